The van der Waals surface area contributed by atoms with Gasteiger partial charge in [0, 0.05) is 31.0 Å². The van der Waals surface area contributed by atoms with Crippen LogP contribution in [0.15, 0.2) is 18.2 Å². The van der Waals surface area contributed by atoms with E-state index in [1.807, 2.05) is 6.07 Å². The fraction of sp³-hybridized carbons (Fsp3) is 0.571. The van der Waals surface area contributed by atoms with E-state index in [0.29, 0.717) is 11.4 Å². The van der Waals surface area contributed by atoms with Crippen molar-refractivity contribution in [3.8, 4) is 0 Å². The summed E-state index contributed by atoms with van der Waals surface area (Å²) in [4.78, 5) is 4.56. The predicted molar refractivity (Wildman–Crippen MR) is 78.0 cm³/mol. The molecule has 0 radical (unpaired) electrons. The molecule has 1 atom stereocenters. The molecule has 2 nitrogen and oxygen atoms in total. The molecular formula is C14H20BrFN2. The number of alkyl halides is 1. The molecule has 0 N–H and O–H groups in total. The maximum absolute atomic E-state index is 14.1. The van der Waals surface area contributed by atoms with Crippen LogP contribution in [0.25, 0.3) is 0 Å². The Morgan fingerprint density at radius 3 is 2.83 bits per heavy atom. The number of para-hydroxylation sites is 1. The summed E-state index contributed by atoms with van der Waals surface area (Å²) in [6.45, 7) is 4.99. The summed E-state index contributed by atoms with van der Waals surface area (Å²) in [5.41, 5.74) is 1.82. The Morgan fingerprint density at radius 1 is 1.39 bits per heavy atom. The highest BCUT2D eigenvalue weighted by atomic mass is 79.9. The molecule has 1 aliphatic rings. The van der Waals surface area contributed by atoms with E-state index in [1.165, 1.54) is 0 Å². The molecule has 1 heterocycles. The van der Waals surface area contributed by atoms with Crippen LogP contribution in [0.5, 0.6) is 0 Å². The van der Waals surface area contributed by atoms with Gasteiger partial charge in [-0.05, 0) is 25.1 Å². The van der Waals surface area contributed by atoms with Crippen molar-refractivity contribution < 1.29 is 4.39 Å². The number of rotatable bonds is 3. The standard InChI is InChI=1S/C14H20BrFN2/c1-3-12-10-18(8-7-17(12)2)14-11(9-15)5-4-6-13(14)16/h4-6,12H,3,7-10H2,1-2H3. The fourth-order valence-electron chi connectivity index (χ4n) is 2.61. The number of likely N-dealkylation sites (N-methyl/N-ethyl adjacent to an activating group) is 1. The van der Waals surface area contributed by atoms with Crippen LogP contribution in [-0.2, 0) is 5.33 Å². The van der Waals surface area contributed by atoms with Crippen molar-refractivity contribution in [2.45, 2.75) is 24.7 Å². The monoisotopic (exact) mass is 314 g/mol. The second kappa shape index (κ2) is 6.02. The van der Waals surface area contributed by atoms with E-state index in [2.05, 4.69) is 39.7 Å². The average Bonchev–Trinajstić information content (AvgIpc) is 2.39. The van der Waals surface area contributed by atoms with Crippen LogP contribution in [0.1, 0.15) is 18.9 Å². The Hall–Kier alpha value is -0.610. The van der Waals surface area contributed by atoms with Gasteiger partial charge in [0.15, 0.2) is 0 Å². The Balaban J connectivity index is 2.26. The molecule has 0 aliphatic carbocycles. The van der Waals surface area contributed by atoms with Crippen molar-refractivity contribution in [3.05, 3.63) is 29.6 Å². The van der Waals surface area contributed by atoms with Crippen molar-refractivity contribution in [3.63, 3.8) is 0 Å². The lowest BCUT2D eigenvalue weighted by atomic mass is 10.1. The number of halogens is 2. The lowest BCUT2D eigenvalue weighted by molar-refractivity contribution is 0.212. The van der Waals surface area contributed by atoms with Crippen LogP contribution >= 0.6 is 15.9 Å². The molecule has 18 heavy (non-hydrogen) atoms. The van der Waals surface area contributed by atoms with Gasteiger partial charge < -0.3 is 4.90 Å². The lowest BCUT2D eigenvalue weighted by Gasteiger charge is -2.41. The molecule has 0 amide bonds. The molecular weight excluding hydrogens is 295 g/mol. The van der Waals surface area contributed by atoms with Gasteiger partial charge in [-0.3, -0.25) is 4.90 Å². The maximum atomic E-state index is 14.1. The van der Waals surface area contributed by atoms with Crippen LogP contribution in [-0.4, -0.2) is 37.6 Å². The molecule has 0 spiro atoms. The molecule has 1 aromatic carbocycles. The van der Waals surface area contributed by atoms with Gasteiger partial charge in [0.05, 0.1) is 5.69 Å². The Labute approximate surface area is 117 Å². The smallest absolute Gasteiger partial charge is 0.146 e. The number of piperazine rings is 1. The van der Waals surface area contributed by atoms with E-state index in [0.717, 1.165) is 37.3 Å². The van der Waals surface area contributed by atoms with Crippen LogP contribution in [0.3, 0.4) is 0 Å². The van der Waals surface area contributed by atoms with E-state index in [1.54, 1.807) is 12.1 Å². The summed E-state index contributed by atoms with van der Waals surface area (Å²) < 4.78 is 14.1. The van der Waals surface area contributed by atoms with Crippen LogP contribution in [0, 0.1) is 5.82 Å². The minimum atomic E-state index is -0.105. The minimum Gasteiger partial charge on any atom is -0.366 e. The maximum Gasteiger partial charge on any atom is 0.146 e. The van der Waals surface area contributed by atoms with E-state index in [-0.39, 0.29) is 5.82 Å². The van der Waals surface area contributed by atoms with Gasteiger partial charge in [-0.25, -0.2) is 4.39 Å². The van der Waals surface area contributed by atoms with Gasteiger partial charge in [-0.2, -0.15) is 0 Å². The predicted octanol–water partition coefficient (Wildman–Crippen LogP) is 3.25. The normalized spacial score (nSPS) is 21.3. The highest BCUT2D eigenvalue weighted by molar-refractivity contribution is 9.08. The van der Waals surface area contributed by atoms with Crippen LogP contribution in [0.2, 0.25) is 0 Å². The summed E-state index contributed by atoms with van der Waals surface area (Å²) in [6, 6.07) is 5.84. The number of anilines is 1. The fourth-order valence-corrected chi connectivity index (χ4v) is 3.06. The van der Waals surface area contributed by atoms with Crippen LogP contribution < -0.4 is 4.90 Å². The largest absolute Gasteiger partial charge is 0.366 e. The van der Waals surface area contributed by atoms with E-state index in [4.69, 9.17) is 0 Å². The molecule has 1 aliphatic heterocycles. The molecule has 1 saturated heterocycles. The van der Waals surface area contributed by atoms with Crippen molar-refractivity contribution >= 4 is 21.6 Å². The first kappa shape index (κ1) is 13.8. The summed E-state index contributed by atoms with van der Waals surface area (Å²) in [6.07, 6.45) is 1.10. The van der Waals surface area contributed by atoms with Crippen LogP contribution in [0.4, 0.5) is 10.1 Å². The van der Waals surface area contributed by atoms with Crippen molar-refractivity contribution in [2.75, 3.05) is 31.6 Å². The van der Waals surface area contributed by atoms with Gasteiger partial charge in [0.25, 0.3) is 0 Å². The summed E-state index contributed by atoms with van der Waals surface area (Å²) in [5, 5.41) is 0.698. The van der Waals surface area contributed by atoms with Gasteiger partial charge in [-0.15, -0.1) is 0 Å². The third kappa shape index (κ3) is 2.69. The Bertz CT molecular complexity index is 411. The van der Waals surface area contributed by atoms with Crippen molar-refractivity contribution in [2.24, 2.45) is 0 Å². The molecule has 2 rings (SSSR count). The first-order valence-electron chi connectivity index (χ1n) is 6.46. The topological polar surface area (TPSA) is 6.48 Å². The molecule has 1 aromatic rings. The van der Waals surface area contributed by atoms with E-state index in [9.17, 15) is 4.39 Å². The second-order valence-corrected chi connectivity index (χ2v) is 5.43. The molecule has 0 bridgehead atoms. The molecule has 1 unspecified atom stereocenters. The zero-order valence-electron chi connectivity index (χ0n) is 11.0. The molecule has 0 aromatic heterocycles. The third-order valence-electron chi connectivity index (χ3n) is 3.78. The quantitative estimate of drug-likeness (QED) is 0.790. The number of nitrogens with zero attached hydrogens (tertiary/aromatic N) is 2. The zero-order valence-corrected chi connectivity index (χ0v) is 12.6. The first-order valence-corrected chi connectivity index (χ1v) is 7.58. The summed E-state index contributed by atoms with van der Waals surface area (Å²) in [7, 11) is 2.15. The van der Waals surface area contributed by atoms with Gasteiger partial charge in [-0.1, -0.05) is 35.0 Å². The minimum absolute atomic E-state index is 0.105. The lowest BCUT2D eigenvalue weighted by Crippen LogP contribution is -2.51. The summed E-state index contributed by atoms with van der Waals surface area (Å²) in [5.74, 6) is -0.105. The third-order valence-corrected chi connectivity index (χ3v) is 4.38. The highest BCUT2D eigenvalue weighted by Crippen LogP contribution is 2.28. The van der Waals surface area contributed by atoms with Gasteiger partial charge in [0.1, 0.15) is 5.82 Å². The molecule has 1 fully saturated rings. The SMILES string of the molecule is CCC1CN(c2c(F)cccc2CBr)CCN1C. The van der Waals surface area contributed by atoms with Crippen molar-refractivity contribution in [1.82, 2.24) is 4.90 Å². The van der Waals surface area contributed by atoms with Gasteiger partial charge in [0.2, 0.25) is 0 Å². The van der Waals surface area contributed by atoms with E-state index >= 15 is 0 Å². The number of benzene rings is 1. The van der Waals surface area contributed by atoms with Gasteiger partial charge >= 0.3 is 0 Å². The summed E-state index contributed by atoms with van der Waals surface area (Å²) >= 11 is 3.45. The van der Waals surface area contributed by atoms with Crippen molar-refractivity contribution in [1.29, 1.82) is 0 Å². The molecule has 0 saturated carbocycles. The van der Waals surface area contributed by atoms with E-state index < -0.39 is 0 Å². The second-order valence-electron chi connectivity index (χ2n) is 4.87. The first-order chi connectivity index (χ1) is 8.67. The number of hydrogen-bond donors (Lipinski definition) is 0. The average molecular weight is 315 g/mol. The Kier molecular flexibility index (Phi) is 4.62. The molecule has 100 valence electrons. The number of hydrogen-bond acceptors (Lipinski definition) is 2. The molecule has 4 heteroatoms. The zero-order chi connectivity index (χ0) is 13.1. The Morgan fingerprint density at radius 2 is 2.17 bits per heavy atom. The highest BCUT2D eigenvalue weighted by Gasteiger charge is 2.25.